The molecular weight excluding hydrogens is 322 g/mol. The van der Waals surface area contributed by atoms with Crippen molar-refractivity contribution in [3.8, 4) is 11.5 Å². The summed E-state index contributed by atoms with van der Waals surface area (Å²) in [5.74, 6) is 3.74. The zero-order valence-corrected chi connectivity index (χ0v) is 15.2. The van der Waals surface area contributed by atoms with Crippen molar-refractivity contribution in [2.75, 3.05) is 0 Å². The van der Waals surface area contributed by atoms with Gasteiger partial charge in [0, 0.05) is 17.2 Å². The molecule has 0 aromatic heterocycles. The SMILES string of the molecule is C[C@H](NC(=O)C1c2ccccc2Oc2ccccc21)[C@H]1C[C@@H]2CC[C@@H]1C2. The highest BCUT2D eigenvalue weighted by Crippen LogP contribution is 2.50. The van der Waals surface area contributed by atoms with E-state index >= 15 is 0 Å². The lowest BCUT2D eigenvalue weighted by Gasteiger charge is -2.32. The first-order valence-electron chi connectivity index (χ1n) is 9.87. The number of benzene rings is 2. The van der Waals surface area contributed by atoms with Crippen molar-refractivity contribution in [2.45, 2.75) is 44.6 Å². The van der Waals surface area contributed by atoms with Gasteiger partial charge in [-0.25, -0.2) is 0 Å². The fraction of sp³-hybridized carbons (Fsp3) is 0.435. The number of carbonyl (C=O) groups is 1. The predicted molar refractivity (Wildman–Crippen MR) is 101 cm³/mol. The zero-order valence-electron chi connectivity index (χ0n) is 15.2. The summed E-state index contributed by atoms with van der Waals surface area (Å²) in [6.07, 6.45) is 5.39. The Morgan fingerprint density at radius 1 is 1.00 bits per heavy atom. The van der Waals surface area contributed by atoms with Crippen LogP contribution < -0.4 is 10.1 Å². The van der Waals surface area contributed by atoms with E-state index in [1.165, 1.54) is 25.7 Å². The summed E-state index contributed by atoms with van der Waals surface area (Å²) in [5.41, 5.74) is 1.92. The maximum atomic E-state index is 13.3. The van der Waals surface area contributed by atoms with Gasteiger partial charge in [0.25, 0.3) is 0 Å². The molecule has 0 radical (unpaired) electrons. The lowest BCUT2D eigenvalue weighted by Crippen LogP contribution is -2.43. The van der Waals surface area contributed by atoms with Crippen LogP contribution in [0.2, 0.25) is 0 Å². The number of hydrogen-bond acceptors (Lipinski definition) is 2. The summed E-state index contributed by atoms with van der Waals surface area (Å²) >= 11 is 0. The second-order valence-electron chi connectivity index (χ2n) is 8.25. The molecule has 26 heavy (non-hydrogen) atoms. The minimum Gasteiger partial charge on any atom is -0.457 e. The highest BCUT2D eigenvalue weighted by Gasteiger charge is 2.43. The van der Waals surface area contributed by atoms with Gasteiger partial charge in [0.1, 0.15) is 11.5 Å². The van der Waals surface area contributed by atoms with E-state index in [-0.39, 0.29) is 17.9 Å². The van der Waals surface area contributed by atoms with Crippen LogP contribution in [-0.2, 0) is 4.79 Å². The number of rotatable bonds is 3. The molecule has 1 N–H and O–H groups in total. The third-order valence-electron chi connectivity index (χ3n) is 6.75. The molecule has 1 aliphatic heterocycles. The van der Waals surface area contributed by atoms with Crippen LogP contribution in [-0.4, -0.2) is 11.9 Å². The minimum absolute atomic E-state index is 0.100. The summed E-state index contributed by atoms with van der Waals surface area (Å²) < 4.78 is 6.02. The molecule has 0 unspecified atom stereocenters. The zero-order chi connectivity index (χ0) is 17.7. The van der Waals surface area contributed by atoms with Crippen LogP contribution in [0.15, 0.2) is 48.5 Å². The maximum Gasteiger partial charge on any atom is 0.232 e. The molecule has 3 aliphatic rings. The van der Waals surface area contributed by atoms with Crippen LogP contribution in [0, 0.1) is 17.8 Å². The Morgan fingerprint density at radius 3 is 2.23 bits per heavy atom. The molecule has 0 spiro atoms. The summed E-state index contributed by atoms with van der Waals surface area (Å²) in [6, 6.07) is 16.0. The Bertz CT molecular complexity index is 800. The van der Waals surface area contributed by atoms with E-state index in [4.69, 9.17) is 4.74 Å². The first kappa shape index (κ1) is 15.9. The van der Waals surface area contributed by atoms with Gasteiger partial charge in [0.05, 0.1) is 5.92 Å². The Labute approximate surface area is 154 Å². The van der Waals surface area contributed by atoms with Crippen LogP contribution >= 0.6 is 0 Å². The van der Waals surface area contributed by atoms with E-state index in [1.807, 2.05) is 48.5 Å². The van der Waals surface area contributed by atoms with Crippen LogP contribution in [0.4, 0.5) is 0 Å². The smallest absolute Gasteiger partial charge is 0.232 e. The van der Waals surface area contributed by atoms with Crippen LogP contribution in [0.5, 0.6) is 11.5 Å². The van der Waals surface area contributed by atoms with Gasteiger partial charge >= 0.3 is 0 Å². The number of hydrogen-bond donors (Lipinski definition) is 1. The standard InChI is InChI=1S/C23H25NO2/c1-14(19-13-15-10-11-16(19)12-15)24-23(25)22-17-6-2-4-8-20(17)26-21-9-5-3-7-18(21)22/h2-9,14-16,19,22H,10-13H2,1H3,(H,24,25)/t14-,15+,16+,19+/m0/s1. The summed E-state index contributed by atoms with van der Waals surface area (Å²) in [7, 11) is 0. The second kappa shape index (κ2) is 6.15. The van der Waals surface area contributed by atoms with Gasteiger partial charge in [0.15, 0.2) is 0 Å². The molecule has 2 aromatic rings. The second-order valence-corrected chi connectivity index (χ2v) is 8.25. The Hall–Kier alpha value is -2.29. The highest BCUT2D eigenvalue weighted by molar-refractivity contribution is 5.89. The summed E-state index contributed by atoms with van der Waals surface area (Å²) in [5, 5.41) is 3.36. The third kappa shape index (κ3) is 2.53. The normalized spacial score (nSPS) is 27.3. The Morgan fingerprint density at radius 2 is 1.65 bits per heavy atom. The number of ether oxygens (including phenoxy) is 1. The minimum atomic E-state index is -0.294. The molecule has 5 rings (SSSR count). The van der Waals surface area contributed by atoms with Crippen molar-refractivity contribution in [1.82, 2.24) is 5.32 Å². The van der Waals surface area contributed by atoms with Gasteiger partial charge in [-0.3, -0.25) is 4.79 Å². The number of amides is 1. The Balaban J connectivity index is 1.43. The van der Waals surface area contributed by atoms with Crippen molar-refractivity contribution in [2.24, 2.45) is 17.8 Å². The molecule has 3 heteroatoms. The fourth-order valence-electron chi connectivity index (χ4n) is 5.51. The van der Waals surface area contributed by atoms with E-state index in [9.17, 15) is 4.79 Å². The number of carbonyl (C=O) groups excluding carboxylic acids is 1. The first-order chi connectivity index (χ1) is 12.7. The van der Waals surface area contributed by atoms with Gasteiger partial charge in [-0.2, -0.15) is 0 Å². The molecule has 3 nitrogen and oxygen atoms in total. The molecule has 2 saturated carbocycles. The van der Waals surface area contributed by atoms with Crippen LogP contribution in [0.3, 0.4) is 0 Å². The van der Waals surface area contributed by atoms with Gasteiger partial charge in [0.2, 0.25) is 5.91 Å². The molecule has 2 aromatic carbocycles. The fourth-order valence-corrected chi connectivity index (χ4v) is 5.51. The highest BCUT2D eigenvalue weighted by atomic mass is 16.5. The van der Waals surface area contributed by atoms with Crippen molar-refractivity contribution in [1.29, 1.82) is 0 Å². The maximum absolute atomic E-state index is 13.3. The van der Waals surface area contributed by atoms with Crippen molar-refractivity contribution in [3.05, 3.63) is 59.7 Å². The number of fused-ring (bicyclic) bond motifs is 4. The van der Waals surface area contributed by atoms with Gasteiger partial charge in [-0.15, -0.1) is 0 Å². The number of para-hydroxylation sites is 2. The van der Waals surface area contributed by atoms with Gasteiger partial charge in [-0.1, -0.05) is 42.8 Å². The molecule has 134 valence electrons. The van der Waals surface area contributed by atoms with E-state index in [0.717, 1.165) is 34.5 Å². The lowest BCUT2D eigenvalue weighted by atomic mass is 9.83. The van der Waals surface area contributed by atoms with Crippen molar-refractivity contribution >= 4 is 5.91 Å². The van der Waals surface area contributed by atoms with E-state index in [0.29, 0.717) is 5.92 Å². The molecule has 0 saturated heterocycles. The molecular formula is C23H25NO2. The molecule has 2 fully saturated rings. The molecule has 2 aliphatic carbocycles. The predicted octanol–water partition coefficient (Wildman–Crippen LogP) is 4.87. The van der Waals surface area contributed by atoms with Crippen molar-refractivity contribution in [3.63, 3.8) is 0 Å². The van der Waals surface area contributed by atoms with E-state index < -0.39 is 0 Å². The first-order valence-corrected chi connectivity index (χ1v) is 9.87. The van der Waals surface area contributed by atoms with E-state index in [2.05, 4.69) is 12.2 Å². The molecule has 4 atom stereocenters. The van der Waals surface area contributed by atoms with Gasteiger partial charge in [-0.05, 0) is 56.1 Å². The lowest BCUT2D eigenvalue weighted by molar-refractivity contribution is -0.122. The average molecular weight is 347 g/mol. The number of nitrogens with one attached hydrogen (secondary N) is 1. The average Bonchev–Trinajstić information content (AvgIpc) is 3.29. The monoisotopic (exact) mass is 347 g/mol. The van der Waals surface area contributed by atoms with Gasteiger partial charge < -0.3 is 10.1 Å². The Kier molecular flexibility index (Phi) is 3.77. The van der Waals surface area contributed by atoms with Crippen molar-refractivity contribution < 1.29 is 9.53 Å². The third-order valence-corrected chi connectivity index (χ3v) is 6.75. The van der Waals surface area contributed by atoms with E-state index in [1.54, 1.807) is 0 Å². The van der Waals surface area contributed by atoms with Crippen LogP contribution in [0.1, 0.15) is 49.7 Å². The molecule has 1 heterocycles. The summed E-state index contributed by atoms with van der Waals surface area (Å²) in [6.45, 7) is 2.19. The summed E-state index contributed by atoms with van der Waals surface area (Å²) in [4.78, 5) is 13.3. The molecule has 1 amide bonds. The quantitative estimate of drug-likeness (QED) is 0.860. The topological polar surface area (TPSA) is 38.3 Å². The largest absolute Gasteiger partial charge is 0.457 e. The molecule has 2 bridgehead atoms. The van der Waals surface area contributed by atoms with Crippen LogP contribution in [0.25, 0.3) is 0 Å².